The van der Waals surface area contributed by atoms with Crippen molar-refractivity contribution in [2.75, 3.05) is 20.3 Å². The Labute approximate surface area is 175 Å². The molecule has 0 saturated carbocycles. The number of rotatable bonds is 11. The van der Waals surface area contributed by atoms with E-state index in [1.807, 2.05) is 38.1 Å². The fourth-order valence-corrected chi connectivity index (χ4v) is 2.31. The van der Waals surface area contributed by atoms with E-state index in [9.17, 15) is 9.59 Å². The predicted molar refractivity (Wildman–Crippen MR) is 116 cm³/mol. The molecule has 0 aromatic heterocycles. The molecular formula is C24H36O5. The maximum absolute atomic E-state index is 12.2. The summed E-state index contributed by atoms with van der Waals surface area (Å²) in [6.07, 6.45) is 6.94. The van der Waals surface area contributed by atoms with Crippen LogP contribution in [0.5, 0.6) is 5.75 Å². The molecule has 0 saturated heterocycles. The molecule has 29 heavy (non-hydrogen) atoms. The Morgan fingerprint density at radius 3 is 2.03 bits per heavy atom. The lowest BCUT2D eigenvalue weighted by Gasteiger charge is -2.36. The number of esters is 2. The summed E-state index contributed by atoms with van der Waals surface area (Å²) in [6, 6.07) is 7.55. The first-order chi connectivity index (χ1) is 13.6. The summed E-state index contributed by atoms with van der Waals surface area (Å²) in [5.74, 6) is 0.301. The average molecular weight is 405 g/mol. The largest absolute Gasteiger partial charge is 0.494 e. The number of benzene rings is 1. The number of unbranched alkanes of at least 4 members (excludes halogenated alkanes) is 3. The Morgan fingerprint density at radius 2 is 1.48 bits per heavy atom. The van der Waals surface area contributed by atoms with Crippen LogP contribution >= 0.6 is 0 Å². The minimum atomic E-state index is -0.495. The van der Waals surface area contributed by atoms with Crippen LogP contribution in [0.15, 0.2) is 30.3 Å². The van der Waals surface area contributed by atoms with Crippen LogP contribution in [0.4, 0.5) is 0 Å². The second-order valence-electron chi connectivity index (χ2n) is 8.70. The van der Waals surface area contributed by atoms with Crippen molar-refractivity contribution in [1.29, 1.82) is 0 Å². The van der Waals surface area contributed by atoms with Crippen molar-refractivity contribution in [2.24, 2.45) is 10.8 Å². The lowest BCUT2D eigenvalue weighted by atomic mass is 9.69. The van der Waals surface area contributed by atoms with Gasteiger partial charge in [0, 0.05) is 6.08 Å². The van der Waals surface area contributed by atoms with Crippen LogP contribution in [-0.2, 0) is 19.1 Å². The summed E-state index contributed by atoms with van der Waals surface area (Å²) in [7, 11) is 1.35. The third kappa shape index (κ3) is 8.71. The highest BCUT2D eigenvalue weighted by Crippen LogP contribution is 2.38. The zero-order chi connectivity index (χ0) is 21.9. The zero-order valence-electron chi connectivity index (χ0n) is 18.7. The Hall–Kier alpha value is -2.30. The number of carbonyl (C=O) groups excluding carboxylic acids is 2. The first-order valence-electron chi connectivity index (χ1n) is 10.2. The fourth-order valence-electron chi connectivity index (χ4n) is 2.31. The molecule has 0 aliphatic heterocycles. The van der Waals surface area contributed by atoms with Crippen LogP contribution in [0, 0.1) is 10.8 Å². The van der Waals surface area contributed by atoms with Gasteiger partial charge in [-0.1, -0.05) is 32.9 Å². The van der Waals surface area contributed by atoms with Crippen molar-refractivity contribution in [2.45, 2.75) is 60.3 Å². The molecule has 0 aliphatic carbocycles. The molecule has 1 rings (SSSR count). The topological polar surface area (TPSA) is 61.8 Å². The summed E-state index contributed by atoms with van der Waals surface area (Å²) in [4.78, 5) is 23.3. The number of carbonyl (C=O) groups is 2. The highest BCUT2D eigenvalue weighted by atomic mass is 16.5. The van der Waals surface area contributed by atoms with Crippen molar-refractivity contribution in [3.05, 3.63) is 35.9 Å². The predicted octanol–water partition coefficient (Wildman–Crippen LogP) is 5.43. The van der Waals surface area contributed by atoms with Crippen LogP contribution in [0.25, 0.3) is 6.08 Å². The molecule has 162 valence electrons. The van der Waals surface area contributed by atoms with E-state index >= 15 is 0 Å². The highest BCUT2D eigenvalue weighted by molar-refractivity contribution is 5.86. The summed E-state index contributed by atoms with van der Waals surface area (Å²) >= 11 is 0. The molecule has 1 aromatic rings. The second-order valence-corrected chi connectivity index (χ2v) is 8.70. The molecule has 0 bridgehead atoms. The van der Waals surface area contributed by atoms with E-state index in [1.54, 1.807) is 6.08 Å². The van der Waals surface area contributed by atoms with Crippen LogP contribution < -0.4 is 4.74 Å². The average Bonchev–Trinajstić information content (AvgIpc) is 2.67. The summed E-state index contributed by atoms with van der Waals surface area (Å²) in [5.41, 5.74) is 0.287. The Kier molecular flexibility index (Phi) is 9.93. The van der Waals surface area contributed by atoms with Gasteiger partial charge >= 0.3 is 11.9 Å². The van der Waals surface area contributed by atoms with Crippen LogP contribution in [0.1, 0.15) is 65.9 Å². The first-order valence-corrected chi connectivity index (χ1v) is 10.2. The van der Waals surface area contributed by atoms with Crippen molar-refractivity contribution < 1.29 is 23.8 Å². The minimum absolute atomic E-state index is 0.127. The van der Waals surface area contributed by atoms with Crippen molar-refractivity contribution in [3.8, 4) is 5.75 Å². The molecule has 1 aromatic carbocycles. The molecule has 0 heterocycles. The van der Waals surface area contributed by atoms with Gasteiger partial charge in [-0.2, -0.15) is 0 Å². The smallest absolute Gasteiger partial charge is 0.330 e. The normalized spacial score (nSPS) is 12.1. The van der Waals surface area contributed by atoms with E-state index < -0.39 is 5.41 Å². The molecular weight excluding hydrogens is 368 g/mol. The van der Waals surface area contributed by atoms with Crippen LogP contribution in [0.2, 0.25) is 0 Å². The zero-order valence-corrected chi connectivity index (χ0v) is 18.7. The Bertz CT molecular complexity index is 666. The van der Waals surface area contributed by atoms with Crippen LogP contribution in [0.3, 0.4) is 0 Å². The number of methoxy groups -OCH3 is 1. The highest BCUT2D eigenvalue weighted by Gasteiger charge is 2.41. The summed E-state index contributed by atoms with van der Waals surface area (Å²) < 4.78 is 15.8. The molecule has 0 aliphatic rings. The van der Waals surface area contributed by atoms with Gasteiger partial charge in [-0.25, -0.2) is 4.79 Å². The molecule has 0 atom stereocenters. The fraction of sp³-hybridized carbons (Fsp3) is 0.583. The maximum atomic E-state index is 12.2. The second kappa shape index (κ2) is 11.6. The third-order valence-corrected chi connectivity index (χ3v) is 5.42. The molecule has 0 fully saturated rings. The third-order valence-electron chi connectivity index (χ3n) is 5.42. The Balaban J connectivity index is 2.16. The summed E-state index contributed by atoms with van der Waals surface area (Å²) in [5, 5.41) is 0. The number of hydrogen-bond acceptors (Lipinski definition) is 5. The standard InChI is InChI=1S/C24H36O5/c1-23(2,3)24(4,5)22(26)29-18-10-8-7-9-17-28-20-14-11-19(12-15-20)13-16-21(25)27-6/h11-16H,7-10,17-18H2,1-6H3/b16-13+. The summed E-state index contributed by atoms with van der Waals surface area (Å²) in [6.45, 7) is 11.2. The van der Waals surface area contributed by atoms with Gasteiger partial charge in [0.15, 0.2) is 0 Å². The van der Waals surface area contributed by atoms with Gasteiger partial charge in [-0.3, -0.25) is 4.79 Å². The van der Waals surface area contributed by atoms with E-state index in [1.165, 1.54) is 13.2 Å². The molecule has 0 spiro atoms. The monoisotopic (exact) mass is 404 g/mol. The number of ether oxygens (including phenoxy) is 3. The van der Waals surface area contributed by atoms with E-state index in [2.05, 4.69) is 25.5 Å². The SMILES string of the molecule is COC(=O)/C=C/c1ccc(OCCCCCCOC(=O)C(C)(C)C(C)(C)C)cc1. The van der Waals surface area contributed by atoms with Gasteiger partial charge in [0.05, 0.1) is 25.7 Å². The van der Waals surface area contributed by atoms with E-state index in [4.69, 9.17) is 9.47 Å². The first kappa shape index (κ1) is 24.7. The molecule has 0 N–H and O–H groups in total. The van der Waals surface area contributed by atoms with Crippen molar-refractivity contribution in [3.63, 3.8) is 0 Å². The Morgan fingerprint density at radius 1 is 0.897 bits per heavy atom. The lowest BCUT2D eigenvalue weighted by Crippen LogP contribution is -2.39. The molecule has 0 unspecified atom stereocenters. The van der Waals surface area contributed by atoms with Gasteiger partial charge in [0.1, 0.15) is 5.75 Å². The van der Waals surface area contributed by atoms with Gasteiger partial charge < -0.3 is 14.2 Å². The van der Waals surface area contributed by atoms with Gasteiger partial charge in [0.25, 0.3) is 0 Å². The van der Waals surface area contributed by atoms with Crippen molar-refractivity contribution >= 4 is 18.0 Å². The number of hydrogen-bond donors (Lipinski definition) is 0. The van der Waals surface area contributed by atoms with Crippen molar-refractivity contribution in [1.82, 2.24) is 0 Å². The maximum Gasteiger partial charge on any atom is 0.330 e. The molecule has 0 amide bonds. The molecule has 0 radical (unpaired) electrons. The van der Waals surface area contributed by atoms with Gasteiger partial charge in [-0.05, 0) is 68.7 Å². The minimum Gasteiger partial charge on any atom is -0.494 e. The van der Waals surface area contributed by atoms with Gasteiger partial charge in [0.2, 0.25) is 0 Å². The van der Waals surface area contributed by atoms with E-state index in [0.717, 1.165) is 37.0 Å². The quantitative estimate of drug-likeness (QED) is 0.280. The molecule has 5 heteroatoms. The van der Waals surface area contributed by atoms with Crippen LogP contribution in [-0.4, -0.2) is 32.3 Å². The van der Waals surface area contributed by atoms with Gasteiger partial charge in [-0.15, -0.1) is 0 Å². The lowest BCUT2D eigenvalue weighted by molar-refractivity contribution is -0.160. The van der Waals surface area contributed by atoms with E-state index in [-0.39, 0.29) is 17.4 Å². The molecule has 5 nitrogen and oxygen atoms in total. The van der Waals surface area contributed by atoms with E-state index in [0.29, 0.717) is 13.2 Å².